The monoisotopic (exact) mass is 548 g/mol. The molecule has 3 aromatic rings. The maximum Gasteiger partial charge on any atom is 0.288 e. The van der Waals surface area contributed by atoms with Gasteiger partial charge in [0.15, 0.2) is 11.6 Å². The Kier molecular flexibility index (Phi) is 11.4. The predicted molar refractivity (Wildman–Crippen MR) is 158 cm³/mol. The number of nitrogens with zero attached hydrogens (tertiary/aromatic N) is 5. The minimum Gasteiger partial charge on any atom is -0.378 e. The van der Waals surface area contributed by atoms with Gasteiger partial charge in [-0.2, -0.15) is 4.98 Å². The van der Waals surface area contributed by atoms with Gasteiger partial charge in [-0.25, -0.2) is 14.4 Å². The second kappa shape index (κ2) is 15.2. The zero-order chi connectivity index (χ0) is 28.9. The van der Waals surface area contributed by atoms with Gasteiger partial charge >= 0.3 is 0 Å². The van der Waals surface area contributed by atoms with E-state index in [1.807, 2.05) is 71.3 Å². The Labute approximate surface area is 235 Å². The summed E-state index contributed by atoms with van der Waals surface area (Å²) in [6.07, 6.45) is 8.69. The number of pyridine rings is 1. The van der Waals surface area contributed by atoms with Gasteiger partial charge in [-0.15, -0.1) is 0 Å². The van der Waals surface area contributed by atoms with Gasteiger partial charge < -0.3 is 19.9 Å². The number of morpholine rings is 1. The number of carbonyl (C=O) groups excluding carboxylic acids is 1. The van der Waals surface area contributed by atoms with Gasteiger partial charge in [0.1, 0.15) is 5.69 Å². The van der Waals surface area contributed by atoms with Crippen LogP contribution in [0.4, 0.5) is 27.5 Å². The molecule has 11 heteroatoms. The zero-order valence-electron chi connectivity index (χ0n) is 23.6. The largest absolute Gasteiger partial charge is 0.378 e. The molecule has 0 unspecified atom stereocenters. The molecule has 212 valence electrons. The first kappa shape index (κ1) is 30.0. The number of hydrazine groups is 1. The summed E-state index contributed by atoms with van der Waals surface area (Å²) in [6.45, 7) is 8.02. The first-order chi connectivity index (χ1) is 19.4. The minimum atomic E-state index is -0.536. The highest BCUT2D eigenvalue weighted by Crippen LogP contribution is 2.23. The van der Waals surface area contributed by atoms with Crippen LogP contribution in [0.2, 0.25) is 0 Å². The van der Waals surface area contributed by atoms with E-state index in [0.717, 1.165) is 28.8 Å². The lowest BCUT2D eigenvalue weighted by atomic mass is 10.1. The highest BCUT2D eigenvalue weighted by Gasteiger charge is 2.18. The van der Waals surface area contributed by atoms with E-state index in [2.05, 4.69) is 42.1 Å². The molecule has 40 heavy (non-hydrogen) atoms. The Balaban J connectivity index is 0.00000216. The van der Waals surface area contributed by atoms with Gasteiger partial charge in [-0.1, -0.05) is 38.1 Å². The van der Waals surface area contributed by atoms with Crippen LogP contribution in [0, 0.1) is 5.82 Å². The van der Waals surface area contributed by atoms with E-state index in [-0.39, 0.29) is 17.5 Å². The molecule has 0 radical (unpaired) electrons. The quantitative estimate of drug-likeness (QED) is 0.255. The SMILES string of the molecule is C/C=C/C=C(/c1cccc(Nc2ccc(C(=O)NNc3ncc(F)c(N4CCOCC4)n3)nc2)c1)N(C)C.CC. The summed E-state index contributed by atoms with van der Waals surface area (Å²) in [5.74, 6) is -0.789. The molecule has 10 nitrogen and oxygen atoms in total. The summed E-state index contributed by atoms with van der Waals surface area (Å²) < 4.78 is 19.5. The molecule has 1 saturated heterocycles. The molecule has 1 fully saturated rings. The standard InChI is InChI=1S/C27H31FN8O2.C2H6/c1-4-5-9-24(35(2)3)19-7-6-8-20(16-19)31-21-10-11-23(29-17-21)26(37)33-34-27-30-18-22(28)25(32-27)36-12-14-38-15-13-36;1-2/h4-11,16-18,31H,12-15H2,1-3H3,(H,33,37)(H,30,32,34);1-2H3/b5-4+,24-9-;. The number of hydrogen-bond acceptors (Lipinski definition) is 9. The molecule has 1 aliphatic heterocycles. The van der Waals surface area contributed by atoms with Crippen molar-refractivity contribution in [3.8, 4) is 0 Å². The summed E-state index contributed by atoms with van der Waals surface area (Å²) in [5.41, 5.74) is 9.08. The third-order valence-corrected chi connectivity index (χ3v) is 5.70. The van der Waals surface area contributed by atoms with Gasteiger partial charge in [0.25, 0.3) is 5.91 Å². The van der Waals surface area contributed by atoms with Gasteiger partial charge in [0.2, 0.25) is 5.95 Å². The third-order valence-electron chi connectivity index (χ3n) is 5.70. The van der Waals surface area contributed by atoms with Crippen molar-refractivity contribution < 1.29 is 13.9 Å². The average Bonchev–Trinajstić information content (AvgIpc) is 2.99. The number of benzene rings is 1. The highest BCUT2D eigenvalue weighted by molar-refractivity contribution is 5.93. The van der Waals surface area contributed by atoms with Crippen molar-refractivity contribution in [1.29, 1.82) is 0 Å². The molecule has 3 N–H and O–H groups in total. The Morgan fingerprint density at radius 1 is 1.07 bits per heavy atom. The molecule has 4 rings (SSSR count). The molecule has 1 aliphatic rings. The summed E-state index contributed by atoms with van der Waals surface area (Å²) in [4.78, 5) is 28.7. The molecule has 0 spiro atoms. The van der Waals surface area contributed by atoms with Crippen LogP contribution >= 0.6 is 0 Å². The van der Waals surface area contributed by atoms with Crippen LogP contribution in [-0.2, 0) is 4.74 Å². The number of halogens is 1. The molecule has 2 aromatic heterocycles. The Hall–Kier alpha value is -4.51. The van der Waals surface area contributed by atoms with Gasteiger partial charge in [-0.3, -0.25) is 15.6 Å². The van der Waals surface area contributed by atoms with Crippen molar-refractivity contribution in [1.82, 2.24) is 25.3 Å². The van der Waals surface area contributed by atoms with Crippen molar-refractivity contribution in [2.24, 2.45) is 0 Å². The number of rotatable bonds is 9. The molecular formula is C29H37FN8O2. The molecule has 0 atom stereocenters. The molecular weight excluding hydrogens is 511 g/mol. The Morgan fingerprint density at radius 2 is 1.85 bits per heavy atom. The maximum absolute atomic E-state index is 14.2. The Morgan fingerprint density at radius 3 is 2.52 bits per heavy atom. The zero-order valence-corrected chi connectivity index (χ0v) is 23.6. The van der Waals surface area contributed by atoms with Crippen molar-refractivity contribution in [3.63, 3.8) is 0 Å². The van der Waals surface area contributed by atoms with Crippen LogP contribution in [0.15, 0.2) is 67.0 Å². The van der Waals surface area contributed by atoms with Crippen molar-refractivity contribution in [3.05, 3.63) is 84.1 Å². The van der Waals surface area contributed by atoms with E-state index in [0.29, 0.717) is 26.3 Å². The van der Waals surface area contributed by atoms with E-state index in [4.69, 9.17) is 4.74 Å². The fraction of sp³-hybridized carbons (Fsp3) is 0.310. The van der Waals surface area contributed by atoms with Crippen LogP contribution in [-0.4, -0.2) is 66.2 Å². The topological polar surface area (TPSA) is 108 Å². The highest BCUT2D eigenvalue weighted by atomic mass is 19.1. The van der Waals surface area contributed by atoms with Crippen LogP contribution in [0.5, 0.6) is 0 Å². The summed E-state index contributed by atoms with van der Waals surface area (Å²) in [6, 6.07) is 11.4. The first-order valence-corrected chi connectivity index (χ1v) is 13.2. The van der Waals surface area contributed by atoms with Crippen molar-refractivity contribution in [2.75, 3.05) is 56.0 Å². The van der Waals surface area contributed by atoms with Gasteiger partial charge in [-0.05, 0) is 42.8 Å². The van der Waals surface area contributed by atoms with Crippen molar-refractivity contribution >= 4 is 34.7 Å². The number of aromatic nitrogens is 3. The fourth-order valence-corrected chi connectivity index (χ4v) is 3.81. The number of allylic oxidation sites excluding steroid dienone is 3. The van der Waals surface area contributed by atoms with Crippen LogP contribution in [0.1, 0.15) is 36.8 Å². The van der Waals surface area contributed by atoms with Crippen molar-refractivity contribution in [2.45, 2.75) is 20.8 Å². The Bertz CT molecular complexity index is 1310. The molecule has 0 bridgehead atoms. The number of carbonyl (C=O) groups is 1. The minimum absolute atomic E-state index is 0.0694. The molecule has 1 aromatic carbocycles. The molecule has 0 aliphatic carbocycles. The second-order valence-electron chi connectivity index (χ2n) is 8.65. The van der Waals surface area contributed by atoms with E-state index in [1.165, 1.54) is 0 Å². The lowest BCUT2D eigenvalue weighted by Crippen LogP contribution is -2.38. The average molecular weight is 549 g/mol. The molecule has 1 amide bonds. The normalized spacial score (nSPS) is 13.3. The molecule has 0 saturated carbocycles. The van der Waals surface area contributed by atoms with Gasteiger partial charge in [0.05, 0.1) is 31.3 Å². The number of nitrogens with one attached hydrogen (secondary N) is 3. The second-order valence-corrected chi connectivity index (χ2v) is 8.65. The predicted octanol–water partition coefficient (Wildman–Crippen LogP) is 4.85. The lowest BCUT2D eigenvalue weighted by Gasteiger charge is -2.28. The number of anilines is 4. The van der Waals surface area contributed by atoms with E-state index in [9.17, 15) is 9.18 Å². The van der Waals surface area contributed by atoms with Crippen LogP contribution in [0.25, 0.3) is 5.70 Å². The lowest BCUT2D eigenvalue weighted by molar-refractivity contribution is 0.0957. The number of ether oxygens (including phenoxy) is 1. The first-order valence-electron chi connectivity index (χ1n) is 13.2. The smallest absolute Gasteiger partial charge is 0.288 e. The van der Waals surface area contributed by atoms with Crippen LogP contribution in [0.3, 0.4) is 0 Å². The number of hydrogen-bond donors (Lipinski definition) is 3. The van der Waals surface area contributed by atoms with E-state index in [1.54, 1.807) is 23.2 Å². The van der Waals surface area contributed by atoms with E-state index >= 15 is 0 Å². The summed E-state index contributed by atoms with van der Waals surface area (Å²) in [5, 5.41) is 3.32. The molecule has 3 heterocycles. The number of amides is 1. The van der Waals surface area contributed by atoms with E-state index < -0.39 is 11.7 Å². The summed E-state index contributed by atoms with van der Waals surface area (Å²) >= 11 is 0. The summed E-state index contributed by atoms with van der Waals surface area (Å²) in [7, 11) is 4.01. The maximum atomic E-state index is 14.2. The van der Waals surface area contributed by atoms with Crippen LogP contribution < -0.4 is 21.1 Å². The third kappa shape index (κ3) is 8.24. The fourth-order valence-electron chi connectivity index (χ4n) is 3.81. The van der Waals surface area contributed by atoms with Gasteiger partial charge in [0, 0.05) is 38.6 Å².